The van der Waals surface area contributed by atoms with Crippen molar-refractivity contribution in [3.63, 3.8) is 0 Å². The van der Waals surface area contributed by atoms with Crippen molar-refractivity contribution in [2.45, 2.75) is 6.42 Å². The Labute approximate surface area is 108 Å². The third kappa shape index (κ3) is 3.01. The quantitative estimate of drug-likeness (QED) is 0.665. The lowest BCUT2D eigenvalue weighted by Gasteiger charge is -1.99. The van der Waals surface area contributed by atoms with E-state index >= 15 is 0 Å². The number of nitrogens with zero attached hydrogens (tertiary/aromatic N) is 1. The summed E-state index contributed by atoms with van der Waals surface area (Å²) in [4.78, 5) is 16.0. The van der Waals surface area contributed by atoms with Gasteiger partial charge in [0.15, 0.2) is 0 Å². The number of thiazole rings is 1. The van der Waals surface area contributed by atoms with Crippen LogP contribution in [0.5, 0.6) is 0 Å². The highest BCUT2D eigenvalue weighted by Gasteiger charge is 2.11. The van der Waals surface area contributed by atoms with Crippen LogP contribution in [0.15, 0.2) is 34.9 Å². The van der Waals surface area contributed by atoms with Gasteiger partial charge in [-0.3, -0.25) is 4.79 Å². The summed E-state index contributed by atoms with van der Waals surface area (Å²) >= 11 is 3.11. The van der Waals surface area contributed by atoms with Crippen LogP contribution in [0.3, 0.4) is 0 Å². The normalized spacial score (nSPS) is 10.1. The Hall–Kier alpha value is -1.46. The van der Waals surface area contributed by atoms with Crippen molar-refractivity contribution in [1.82, 2.24) is 10.3 Å². The van der Waals surface area contributed by atoms with Crippen LogP contribution in [0.1, 0.15) is 16.9 Å². The molecular weight excluding hydrogens is 252 g/mol. The predicted molar refractivity (Wildman–Crippen MR) is 72.6 cm³/mol. The number of hydrogen-bond acceptors (Lipinski definition) is 4. The van der Waals surface area contributed by atoms with Crippen molar-refractivity contribution in [2.75, 3.05) is 6.54 Å². The Balaban J connectivity index is 2.03. The lowest BCUT2D eigenvalue weighted by molar-refractivity contribution is 0.0950. The molecule has 17 heavy (non-hydrogen) atoms. The third-order valence-electron chi connectivity index (χ3n) is 2.14. The highest BCUT2D eigenvalue weighted by molar-refractivity contribution is 7.14. The van der Waals surface area contributed by atoms with E-state index in [0.717, 1.165) is 17.0 Å². The van der Waals surface area contributed by atoms with Gasteiger partial charge in [-0.2, -0.15) is 11.3 Å². The molecule has 0 aliphatic heterocycles. The minimum Gasteiger partial charge on any atom is -0.350 e. The Morgan fingerprint density at radius 2 is 2.41 bits per heavy atom. The van der Waals surface area contributed by atoms with Crippen LogP contribution in [0.4, 0.5) is 0 Å². The van der Waals surface area contributed by atoms with E-state index in [0.29, 0.717) is 12.2 Å². The molecule has 0 bridgehead atoms. The Bertz CT molecular complexity index is 502. The first-order valence-corrected chi connectivity index (χ1v) is 7.00. The number of amides is 1. The summed E-state index contributed by atoms with van der Waals surface area (Å²) in [7, 11) is 0. The molecular formula is C12H12N2OS2. The van der Waals surface area contributed by atoms with Gasteiger partial charge in [0.05, 0.1) is 0 Å². The van der Waals surface area contributed by atoms with E-state index in [2.05, 4.69) is 16.9 Å². The molecule has 0 aromatic carbocycles. The van der Waals surface area contributed by atoms with Gasteiger partial charge < -0.3 is 5.32 Å². The molecule has 0 atom stereocenters. The summed E-state index contributed by atoms with van der Waals surface area (Å²) in [5, 5.41) is 9.50. The van der Waals surface area contributed by atoms with Crippen LogP contribution in [-0.4, -0.2) is 17.4 Å². The van der Waals surface area contributed by atoms with Gasteiger partial charge in [0, 0.05) is 22.9 Å². The first-order valence-electron chi connectivity index (χ1n) is 5.18. The van der Waals surface area contributed by atoms with Crippen LogP contribution < -0.4 is 5.32 Å². The first-order chi connectivity index (χ1) is 8.31. The number of carbonyl (C=O) groups excluding carboxylic acids is 1. The minimum atomic E-state index is -0.121. The summed E-state index contributed by atoms with van der Waals surface area (Å²) in [5.41, 5.74) is 1.56. The molecule has 0 radical (unpaired) electrons. The largest absolute Gasteiger partial charge is 0.350 e. The van der Waals surface area contributed by atoms with Gasteiger partial charge >= 0.3 is 0 Å². The molecule has 0 saturated carbocycles. The van der Waals surface area contributed by atoms with Crippen molar-refractivity contribution in [2.24, 2.45) is 0 Å². The van der Waals surface area contributed by atoms with Crippen molar-refractivity contribution >= 4 is 28.6 Å². The third-order valence-corrected chi connectivity index (χ3v) is 3.71. The first kappa shape index (κ1) is 12.0. The zero-order valence-electron chi connectivity index (χ0n) is 9.18. The molecule has 1 amide bonds. The van der Waals surface area contributed by atoms with E-state index < -0.39 is 0 Å². The van der Waals surface area contributed by atoms with Crippen molar-refractivity contribution in [1.29, 1.82) is 0 Å². The fourth-order valence-electron chi connectivity index (χ4n) is 1.28. The second kappa shape index (κ2) is 5.75. The van der Waals surface area contributed by atoms with E-state index in [9.17, 15) is 4.79 Å². The highest BCUT2D eigenvalue weighted by atomic mass is 32.1. The minimum absolute atomic E-state index is 0.121. The number of aromatic nitrogens is 1. The maximum absolute atomic E-state index is 11.7. The lowest BCUT2D eigenvalue weighted by atomic mass is 10.3. The number of nitrogens with one attached hydrogen (secondary N) is 1. The smallest absolute Gasteiger partial charge is 0.270 e. The molecule has 2 heterocycles. The van der Waals surface area contributed by atoms with Gasteiger partial charge in [0.2, 0.25) is 0 Å². The molecule has 0 spiro atoms. The number of carbonyl (C=O) groups is 1. The zero-order chi connectivity index (χ0) is 12.1. The Morgan fingerprint density at radius 3 is 3.12 bits per heavy atom. The van der Waals surface area contributed by atoms with E-state index in [1.54, 1.807) is 22.8 Å². The fraction of sp³-hybridized carbons (Fsp3) is 0.167. The van der Waals surface area contributed by atoms with Crippen LogP contribution in [0.2, 0.25) is 0 Å². The summed E-state index contributed by atoms with van der Waals surface area (Å²) in [6.45, 7) is 4.21. The average Bonchev–Trinajstić information content (AvgIpc) is 3.00. The van der Waals surface area contributed by atoms with Gasteiger partial charge in [-0.1, -0.05) is 6.08 Å². The van der Waals surface area contributed by atoms with Gasteiger partial charge in [0.1, 0.15) is 10.7 Å². The second-order valence-corrected chi connectivity index (χ2v) is 5.02. The molecule has 88 valence electrons. The van der Waals surface area contributed by atoms with Crippen molar-refractivity contribution < 1.29 is 4.79 Å². The van der Waals surface area contributed by atoms with Crippen LogP contribution in [-0.2, 0) is 0 Å². The van der Waals surface area contributed by atoms with E-state index in [4.69, 9.17) is 0 Å². The monoisotopic (exact) mass is 264 g/mol. The Morgan fingerprint density at radius 1 is 1.53 bits per heavy atom. The Kier molecular flexibility index (Phi) is 4.06. The van der Waals surface area contributed by atoms with Gasteiger partial charge in [-0.25, -0.2) is 4.98 Å². The van der Waals surface area contributed by atoms with Gasteiger partial charge in [-0.05, 0) is 17.9 Å². The number of hydrogen-bond donors (Lipinski definition) is 1. The molecule has 0 aliphatic rings. The van der Waals surface area contributed by atoms with Crippen LogP contribution >= 0.6 is 22.7 Å². The highest BCUT2D eigenvalue weighted by Crippen LogP contribution is 2.25. The average molecular weight is 264 g/mol. The lowest BCUT2D eigenvalue weighted by Crippen LogP contribution is -2.24. The van der Waals surface area contributed by atoms with E-state index in [-0.39, 0.29) is 5.91 Å². The second-order valence-electron chi connectivity index (χ2n) is 3.38. The fourth-order valence-corrected chi connectivity index (χ4v) is 2.79. The number of thiophene rings is 1. The number of rotatable bonds is 5. The predicted octanol–water partition coefficient (Wildman–Crippen LogP) is 3.18. The molecule has 2 aromatic heterocycles. The summed E-state index contributed by atoms with van der Waals surface area (Å²) < 4.78 is 0. The maximum Gasteiger partial charge on any atom is 0.270 e. The van der Waals surface area contributed by atoms with Crippen LogP contribution in [0.25, 0.3) is 10.6 Å². The summed E-state index contributed by atoms with van der Waals surface area (Å²) in [6.07, 6.45) is 2.55. The molecule has 0 saturated heterocycles. The van der Waals surface area contributed by atoms with Gasteiger partial charge in [0.25, 0.3) is 5.91 Å². The molecule has 0 fully saturated rings. The van der Waals surface area contributed by atoms with Crippen molar-refractivity contribution in [3.05, 3.63) is 40.6 Å². The van der Waals surface area contributed by atoms with E-state index in [1.807, 2.05) is 16.8 Å². The molecule has 0 aliphatic carbocycles. The molecule has 2 rings (SSSR count). The molecule has 2 aromatic rings. The summed E-state index contributed by atoms with van der Waals surface area (Å²) in [5.74, 6) is -0.121. The molecule has 1 N–H and O–H groups in total. The van der Waals surface area contributed by atoms with Crippen molar-refractivity contribution in [3.8, 4) is 10.6 Å². The topological polar surface area (TPSA) is 42.0 Å². The van der Waals surface area contributed by atoms with Crippen LogP contribution in [0, 0.1) is 0 Å². The zero-order valence-corrected chi connectivity index (χ0v) is 10.8. The van der Waals surface area contributed by atoms with Gasteiger partial charge in [-0.15, -0.1) is 17.9 Å². The van der Waals surface area contributed by atoms with E-state index in [1.165, 1.54) is 11.3 Å². The summed E-state index contributed by atoms with van der Waals surface area (Å²) in [6, 6.07) is 2.00. The standard InChI is InChI=1S/C12H12N2OS2/c1-2-3-5-13-11(15)10-8-17-12(14-10)9-4-6-16-7-9/h2,4,6-8H,1,3,5H2,(H,13,15). The molecule has 5 heteroatoms. The molecule has 3 nitrogen and oxygen atoms in total. The SMILES string of the molecule is C=CCCNC(=O)c1csc(-c2ccsc2)n1. The molecule has 0 unspecified atom stereocenters. The maximum atomic E-state index is 11.7.